The van der Waals surface area contributed by atoms with Crippen LogP contribution in [-0.2, 0) is 14.3 Å². The summed E-state index contributed by atoms with van der Waals surface area (Å²) in [4.78, 5) is 38.9. The molecule has 0 aromatic heterocycles. The highest BCUT2D eigenvalue weighted by molar-refractivity contribution is 5.82. The predicted octanol–water partition coefficient (Wildman–Crippen LogP) is 4.12. The first-order chi connectivity index (χ1) is 16.9. The van der Waals surface area contributed by atoms with E-state index in [1.54, 1.807) is 4.90 Å². The Morgan fingerprint density at radius 3 is 2.26 bits per heavy atom. The number of benzene rings is 2. The lowest BCUT2D eigenvalue weighted by Gasteiger charge is -2.25. The van der Waals surface area contributed by atoms with Gasteiger partial charge in [-0.2, -0.15) is 0 Å². The first-order valence-corrected chi connectivity index (χ1v) is 12.5. The summed E-state index contributed by atoms with van der Waals surface area (Å²) in [6, 6.07) is 16.4. The van der Waals surface area contributed by atoms with Gasteiger partial charge < -0.3 is 20.1 Å². The van der Waals surface area contributed by atoms with E-state index >= 15 is 0 Å². The summed E-state index contributed by atoms with van der Waals surface area (Å²) in [5, 5.41) is 12.3. The number of carboxylic acid groups (broad SMARTS) is 1. The van der Waals surface area contributed by atoms with Gasteiger partial charge in [-0.15, -0.1) is 0 Å². The van der Waals surface area contributed by atoms with E-state index in [2.05, 4.69) is 29.6 Å². The third-order valence-corrected chi connectivity index (χ3v) is 8.07. The number of aliphatic carboxylic acids is 1. The summed E-state index contributed by atoms with van der Waals surface area (Å²) in [6.45, 7) is 3.29. The fourth-order valence-corrected chi connectivity index (χ4v) is 6.17. The second kappa shape index (κ2) is 9.72. The Balaban J connectivity index is 1.15. The normalized spacial score (nSPS) is 25.2. The van der Waals surface area contributed by atoms with Crippen LogP contribution in [0.1, 0.15) is 43.2 Å². The largest absolute Gasteiger partial charge is 0.481 e. The van der Waals surface area contributed by atoms with Crippen molar-refractivity contribution in [3.63, 3.8) is 0 Å². The van der Waals surface area contributed by atoms with Crippen molar-refractivity contribution in [2.75, 3.05) is 26.2 Å². The number of rotatable bonds is 6. The molecule has 3 aliphatic rings. The Bertz CT molecular complexity index is 1090. The number of fused-ring (bicyclic) bond motifs is 3. The Labute approximate surface area is 205 Å². The topological polar surface area (TPSA) is 95.9 Å². The molecule has 2 N–H and O–H groups in total. The zero-order valence-corrected chi connectivity index (χ0v) is 20.0. The van der Waals surface area contributed by atoms with Gasteiger partial charge in [0.15, 0.2) is 0 Å². The summed E-state index contributed by atoms with van der Waals surface area (Å²) in [7, 11) is 0. The molecular formula is C28H32N2O5. The van der Waals surface area contributed by atoms with Gasteiger partial charge in [-0.05, 0) is 46.9 Å². The number of carbonyl (C=O) groups excluding carboxylic acids is 2. The Hall–Kier alpha value is -3.35. The van der Waals surface area contributed by atoms with Crippen LogP contribution in [0, 0.1) is 23.7 Å². The van der Waals surface area contributed by atoms with Gasteiger partial charge in [-0.3, -0.25) is 9.59 Å². The van der Waals surface area contributed by atoms with Gasteiger partial charge in [0.2, 0.25) is 5.91 Å². The molecule has 2 aliphatic carbocycles. The molecule has 1 saturated heterocycles. The van der Waals surface area contributed by atoms with Crippen molar-refractivity contribution in [2.24, 2.45) is 23.7 Å². The number of carboxylic acids is 1. The molecule has 35 heavy (non-hydrogen) atoms. The van der Waals surface area contributed by atoms with Gasteiger partial charge in [0, 0.05) is 31.5 Å². The van der Waals surface area contributed by atoms with Crippen molar-refractivity contribution in [3.05, 3.63) is 59.7 Å². The summed E-state index contributed by atoms with van der Waals surface area (Å²) >= 11 is 0. The van der Waals surface area contributed by atoms with Crippen LogP contribution in [0.25, 0.3) is 11.1 Å². The SMILES string of the molecule is C[C@@H]1CN(C(=O)C2CCCC2CNC(=O)OCC2c3ccccc3-c3ccccc32)C[C@H]1C(=O)O. The number of hydrogen-bond acceptors (Lipinski definition) is 4. The van der Waals surface area contributed by atoms with Crippen LogP contribution in [0.15, 0.2) is 48.5 Å². The average molecular weight is 477 g/mol. The molecule has 4 atom stereocenters. The molecule has 2 fully saturated rings. The van der Waals surface area contributed by atoms with Gasteiger partial charge >= 0.3 is 12.1 Å². The van der Waals surface area contributed by atoms with Crippen molar-refractivity contribution in [1.82, 2.24) is 10.2 Å². The van der Waals surface area contributed by atoms with E-state index in [9.17, 15) is 19.5 Å². The molecule has 2 unspecified atom stereocenters. The third kappa shape index (κ3) is 4.51. The lowest BCUT2D eigenvalue weighted by Crippen LogP contribution is -2.40. The highest BCUT2D eigenvalue weighted by Crippen LogP contribution is 2.44. The zero-order valence-electron chi connectivity index (χ0n) is 20.0. The minimum atomic E-state index is -0.840. The zero-order chi connectivity index (χ0) is 24.5. The number of amides is 2. The van der Waals surface area contributed by atoms with Gasteiger partial charge in [-0.1, -0.05) is 61.9 Å². The number of likely N-dealkylation sites (tertiary alicyclic amines) is 1. The van der Waals surface area contributed by atoms with Crippen molar-refractivity contribution in [3.8, 4) is 11.1 Å². The van der Waals surface area contributed by atoms with Crippen LogP contribution in [0.3, 0.4) is 0 Å². The van der Waals surface area contributed by atoms with Crippen LogP contribution in [0.2, 0.25) is 0 Å². The lowest BCUT2D eigenvalue weighted by molar-refractivity contribution is -0.142. The predicted molar refractivity (Wildman–Crippen MR) is 131 cm³/mol. The highest BCUT2D eigenvalue weighted by Gasteiger charge is 2.42. The van der Waals surface area contributed by atoms with Crippen LogP contribution < -0.4 is 5.32 Å². The molecule has 1 heterocycles. The van der Waals surface area contributed by atoms with E-state index < -0.39 is 18.0 Å². The smallest absolute Gasteiger partial charge is 0.407 e. The maximum Gasteiger partial charge on any atom is 0.407 e. The first-order valence-electron chi connectivity index (χ1n) is 12.5. The van der Waals surface area contributed by atoms with Crippen LogP contribution in [0.4, 0.5) is 4.79 Å². The quantitative estimate of drug-likeness (QED) is 0.654. The first kappa shape index (κ1) is 23.4. The second-order valence-corrected chi connectivity index (χ2v) is 10.2. The number of hydrogen-bond donors (Lipinski definition) is 2. The van der Waals surface area contributed by atoms with Crippen molar-refractivity contribution in [2.45, 2.75) is 32.1 Å². The van der Waals surface area contributed by atoms with Crippen LogP contribution >= 0.6 is 0 Å². The number of carbonyl (C=O) groups is 3. The molecule has 1 aliphatic heterocycles. The fourth-order valence-electron chi connectivity index (χ4n) is 6.17. The molecule has 5 rings (SSSR count). The van der Waals surface area contributed by atoms with Gasteiger partial charge in [0.25, 0.3) is 0 Å². The third-order valence-electron chi connectivity index (χ3n) is 8.07. The number of alkyl carbamates (subject to hydrolysis) is 1. The number of ether oxygens (including phenoxy) is 1. The maximum absolute atomic E-state index is 13.1. The summed E-state index contributed by atoms with van der Waals surface area (Å²) in [6.07, 6.45) is 2.11. The molecule has 0 radical (unpaired) electrons. The van der Waals surface area contributed by atoms with Crippen LogP contribution in [-0.4, -0.2) is 54.2 Å². The van der Waals surface area contributed by atoms with Gasteiger partial charge in [-0.25, -0.2) is 4.79 Å². The molecule has 2 aromatic carbocycles. The monoisotopic (exact) mass is 476 g/mol. The van der Waals surface area contributed by atoms with Gasteiger partial charge in [0.05, 0.1) is 5.92 Å². The molecule has 0 bridgehead atoms. The molecule has 2 aromatic rings. The molecule has 0 spiro atoms. The second-order valence-electron chi connectivity index (χ2n) is 10.2. The summed E-state index contributed by atoms with van der Waals surface area (Å²) in [5.74, 6) is -1.49. The average Bonchev–Trinajstić information content (AvgIpc) is 3.57. The highest BCUT2D eigenvalue weighted by atomic mass is 16.5. The van der Waals surface area contributed by atoms with Gasteiger partial charge in [0.1, 0.15) is 6.61 Å². The fraction of sp³-hybridized carbons (Fsp3) is 0.464. The molecule has 2 amide bonds. The van der Waals surface area contributed by atoms with E-state index in [0.717, 1.165) is 19.3 Å². The molecule has 7 nitrogen and oxygen atoms in total. The van der Waals surface area contributed by atoms with Crippen LogP contribution in [0.5, 0.6) is 0 Å². The van der Waals surface area contributed by atoms with E-state index in [-0.39, 0.29) is 42.7 Å². The maximum atomic E-state index is 13.1. The standard InChI is InChI=1S/C28H32N2O5/c1-17-14-30(15-24(17)27(32)33)26(31)19-12-6-7-18(19)13-29-28(34)35-16-25-22-10-4-2-8-20(22)21-9-3-5-11-23(21)25/h2-5,8-11,17-19,24-25H,6-7,12-16H2,1H3,(H,29,34)(H,32,33)/t17-,18?,19?,24-/m1/s1. The summed E-state index contributed by atoms with van der Waals surface area (Å²) in [5.41, 5.74) is 4.71. The van der Waals surface area contributed by atoms with Crippen molar-refractivity contribution < 1.29 is 24.2 Å². The Morgan fingerprint density at radius 1 is 0.971 bits per heavy atom. The minimum Gasteiger partial charge on any atom is -0.481 e. The number of nitrogens with one attached hydrogen (secondary N) is 1. The Kier molecular flexibility index (Phi) is 6.50. The Morgan fingerprint density at radius 2 is 1.63 bits per heavy atom. The molecule has 184 valence electrons. The number of nitrogens with zero attached hydrogens (tertiary/aromatic N) is 1. The van der Waals surface area contributed by atoms with E-state index in [1.165, 1.54) is 22.3 Å². The van der Waals surface area contributed by atoms with Crippen molar-refractivity contribution in [1.29, 1.82) is 0 Å². The molecule has 1 saturated carbocycles. The molecular weight excluding hydrogens is 444 g/mol. The molecule has 7 heteroatoms. The minimum absolute atomic E-state index is 0.00768. The van der Waals surface area contributed by atoms with E-state index in [1.807, 2.05) is 31.2 Å². The van der Waals surface area contributed by atoms with Crippen molar-refractivity contribution >= 4 is 18.0 Å². The summed E-state index contributed by atoms with van der Waals surface area (Å²) < 4.78 is 5.64. The van der Waals surface area contributed by atoms with E-state index in [4.69, 9.17) is 4.74 Å². The van der Waals surface area contributed by atoms with E-state index in [0.29, 0.717) is 13.1 Å². The lowest BCUT2D eigenvalue weighted by atomic mass is 9.94.